The van der Waals surface area contributed by atoms with E-state index in [0.29, 0.717) is 0 Å². The van der Waals surface area contributed by atoms with Crippen molar-refractivity contribution in [2.45, 2.75) is 58.6 Å². The molecule has 1 aliphatic rings. The summed E-state index contributed by atoms with van der Waals surface area (Å²) in [7, 11) is 0. The molecule has 1 amide bonds. The minimum atomic E-state index is -0.514. The zero-order valence-corrected chi connectivity index (χ0v) is 15.3. The first kappa shape index (κ1) is 17.5. The third-order valence-corrected chi connectivity index (χ3v) is 5.04. The molecule has 0 saturated carbocycles. The van der Waals surface area contributed by atoms with Crippen molar-refractivity contribution in [3.63, 3.8) is 0 Å². The van der Waals surface area contributed by atoms with Crippen LogP contribution in [0.3, 0.4) is 0 Å². The largest absolute Gasteiger partial charge is 0.481 e. The van der Waals surface area contributed by atoms with Gasteiger partial charge in [-0.1, -0.05) is 36.4 Å². The van der Waals surface area contributed by atoms with Crippen molar-refractivity contribution in [1.29, 1.82) is 0 Å². The fourth-order valence-electron chi connectivity index (χ4n) is 3.58. The van der Waals surface area contributed by atoms with Crippen LogP contribution >= 0.6 is 0 Å². The quantitative estimate of drug-likeness (QED) is 0.871. The summed E-state index contributed by atoms with van der Waals surface area (Å²) < 4.78 is 6.03. The number of hydrogen-bond donors (Lipinski definition) is 1. The Morgan fingerprint density at radius 1 is 1.04 bits per heavy atom. The van der Waals surface area contributed by atoms with Gasteiger partial charge in [0.2, 0.25) is 0 Å². The van der Waals surface area contributed by atoms with E-state index in [9.17, 15) is 4.79 Å². The average Bonchev–Trinajstić information content (AvgIpc) is 2.62. The summed E-state index contributed by atoms with van der Waals surface area (Å²) in [5, 5.41) is 3.07. The monoisotopic (exact) mass is 337 g/mol. The molecule has 0 heterocycles. The van der Waals surface area contributed by atoms with Gasteiger partial charge in [0.25, 0.3) is 5.91 Å². The van der Waals surface area contributed by atoms with Gasteiger partial charge in [-0.3, -0.25) is 4.79 Å². The highest BCUT2D eigenvalue weighted by Gasteiger charge is 2.21. The van der Waals surface area contributed by atoms with Crippen LogP contribution in [0.5, 0.6) is 5.75 Å². The molecule has 3 nitrogen and oxygen atoms in total. The van der Waals surface area contributed by atoms with Gasteiger partial charge in [0.1, 0.15) is 5.75 Å². The summed E-state index contributed by atoms with van der Waals surface area (Å²) in [5.74, 6) is 0.785. The number of fused-ring (bicyclic) bond motifs is 1. The highest BCUT2D eigenvalue weighted by Crippen LogP contribution is 2.30. The zero-order valence-electron chi connectivity index (χ0n) is 15.3. The summed E-state index contributed by atoms with van der Waals surface area (Å²) in [6.45, 7) is 5.90. The number of rotatable bonds is 5. The van der Waals surface area contributed by atoms with Crippen LogP contribution in [0.4, 0.5) is 0 Å². The van der Waals surface area contributed by atoms with Crippen molar-refractivity contribution in [3.05, 3.63) is 64.7 Å². The minimum Gasteiger partial charge on any atom is -0.481 e. The van der Waals surface area contributed by atoms with Gasteiger partial charge in [0.05, 0.1) is 6.04 Å². The smallest absolute Gasteiger partial charge is 0.261 e. The highest BCUT2D eigenvalue weighted by atomic mass is 16.5. The van der Waals surface area contributed by atoms with Gasteiger partial charge in [-0.05, 0) is 74.8 Å². The van der Waals surface area contributed by atoms with Gasteiger partial charge < -0.3 is 10.1 Å². The van der Waals surface area contributed by atoms with Crippen LogP contribution in [0, 0.1) is 6.92 Å². The molecule has 0 saturated heterocycles. The van der Waals surface area contributed by atoms with E-state index in [1.54, 1.807) is 0 Å². The van der Waals surface area contributed by atoms with E-state index in [0.717, 1.165) is 24.2 Å². The van der Waals surface area contributed by atoms with Crippen molar-refractivity contribution in [2.75, 3.05) is 0 Å². The van der Waals surface area contributed by atoms with E-state index in [4.69, 9.17) is 4.74 Å². The van der Waals surface area contributed by atoms with Gasteiger partial charge in [0.15, 0.2) is 6.10 Å². The predicted molar refractivity (Wildman–Crippen MR) is 101 cm³/mol. The molecule has 132 valence electrons. The third kappa shape index (κ3) is 4.04. The second-order valence-electron chi connectivity index (χ2n) is 6.95. The molecule has 0 fully saturated rings. The molecule has 0 unspecified atom stereocenters. The standard InChI is InChI=1S/C22H27NO2/c1-15-9-4-6-12-19(15)16(2)23-22(24)17(3)25-21-14-8-11-18-10-5-7-13-20(18)21/h4,6,8-9,11-12,14,16-17H,5,7,10,13H2,1-3H3,(H,23,24)/t16-,17-/m1/s1. The van der Waals surface area contributed by atoms with Crippen molar-refractivity contribution in [1.82, 2.24) is 5.32 Å². The normalized spacial score (nSPS) is 15.8. The van der Waals surface area contributed by atoms with Crippen LogP contribution < -0.4 is 10.1 Å². The van der Waals surface area contributed by atoms with Gasteiger partial charge in [-0.2, -0.15) is 0 Å². The SMILES string of the molecule is Cc1ccccc1[C@@H](C)NC(=O)[C@@H](C)Oc1cccc2c1CCCC2. The lowest BCUT2D eigenvalue weighted by molar-refractivity contribution is -0.127. The molecule has 0 bridgehead atoms. The number of carbonyl (C=O) groups excluding carboxylic acids is 1. The predicted octanol–water partition coefficient (Wildman–Crippen LogP) is 4.52. The molecule has 1 N–H and O–H groups in total. The molecule has 2 aromatic carbocycles. The highest BCUT2D eigenvalue weighted by molar-refractivity contribution is 5.81. The molecule has 25 heavy (non-hydrogen) atoms. The lowest BCUT2D eigenvalue weighted by Crippen LogP contribution is -2.38. The van der Waals surface area contributed by atoms with Crippen LogP contribution in [-0.2, 0) is 17.6 Å². The van der Waals surface area contributed by atoms with Crippen molar-refractivity contribution < 1.29 is 9.53 Å². The molecule has 0 radical (unpaired) electrons. The Morgan fingerprint density at radius 3 is 2.60 bits per heavy atom. The van der Waals surface area contributed by atoms with E-state index >= 15 is 0 Å². The maximum absolute atomic E-state index is 12.6. The van der Waals surface area contributed by atoms with E-state index in [-0.39, 0.29) is 11.9 Å². The van der Waals surface area contributed by atoms with Crippen LogP contribution in [0.15, 0.2) is 42.5 Å². The summed E-state index contributed by atoms with van der Waals surface area (Å²) in [6, 6.07) is 14.3. The van der Waals surface area contributed by atoms with Gasteiger partial charge in [-0.25, -0.2) is 0 Å². The number of ether oxygens (including phenoxy) is 1. The first-order valence-electron chi connectivity index (χ1n) is 9.19. The average molecular weight is 337 g/mol. The number of nitrogens with one attached hydrogen (secondary N) is 1. The Morgan fingerprint density at radius 2 is 1.80 bits per heavy atom. The van der Waals surface area contributed by atoms with E-state index in [1.165, 1.54) is 29.5 Å². The second kappa shape index (κ2) is 7.73. The van der Waals surface area contributed by atoms with Crippen LogP contribution in [0.2, 0.25) is 0 Å². The molecule has 0 aromatic heterocycles. The molecule has 1 aliphatic carbocycles. The number of aryl methyl sites for hydroxylation is 2. The summed E-state index contributed by atoms with van der Waals surface area (Å²) in [5.41, 5.74) is 4.96. The lowest BCUT2D eigenvalue weighted by atomic mass is 9.91. The van der Waals surface area contributed by atoms with Crippen molar-refractivity contribution in [3.8, 4) is 5.75 Å². The number of benzene rings is 2. The van der Waals surface area contributed by atoms with Gasteiger partial charge >= 0.3 is 0 Å². The van der Waals surface area contributed by atoms with E-state index in [1.807, 2.05) is 38.1 Å². The molecule has 3 heteroatoms. The van der Waals surface area contributed by atoms with Crippen LogP contribution in [0.25, 0.3) is 0 Å². The Bertz CT molecular complexity index is 753. The number of carbonyl (C=O) groups is 1. The lowest BCUT2D eigenvalue weighted by Gasteiger charge is -2.23. The Labute approximate surface area is 150 Å². The van der Waals surface area contributed by atoms with Crippen LogP contribution in [0.1, 0.15) is 55.0 Å². The summed E-state index contributed by atoms with van der Waals surface area (Å²) in [6.07, 6.45) is 4.06. The maximum atomic E-state index is 12.6. The van der Waals surface area contributed by atoms with Gasteiger partial charge in [-0.15, -0.1) is 0 Å². The Hall–Kier alpha value is -2.29. The fraction of sp³-hybridized carbons (Fsp3) is 0.409. The fourth-order valence-corrected chi connectivity index (χ4v) is 3.58. The first-order valence-corrected chi connectivity index (χ1v) is 9.19. The number of hydrogen-bond acceptors (Lipinski definition) is 2. The molecule has 2 atom stereocenters. The molecule has 0 spiro atoms. The Balaban J connectivity index is 1.66. The van der Waals surface area contributed by atoms with Crippen LogP contribution in [-0.4, -0.2) is 12.0 Å². The molecular weight excluding hydrogens is 310 g/mol. The first-order chi connectivity index (χ1) is 12.1. The van der Waals surface area contributed by atoms with Crippen molar-refractivity contribution in [2.24, 2.45) is 0 Å². The zero-order chi connectivity index (χ0) is 17.8. The number of amides is 1. The summed E-state index contributed by atoms with van der Waals surface area (Å²) >= 11 is 0. The topological polar surface area (TPSA) is 38.3 Å². The molecular formula is C22H27NO2. The molecule has 0 aliphatic heterocycles. The van der Waals surface area contributed by atoms with Crippen molar-refractivity contribution >= 4 is 5.91 Å². The van der Waals surface area contributed by atoms with E-state index < -0.39 is 6.10 Å². The Kier molecular flexibility index (Phi) is 5.42. The third-order valence-electron chi connectivity index (χ3n) is 5.04. The second-order valence-corrected chi connectivity index (χ2v) is 6.95. The molecule has 2 aromatic rings. The summed E-state index contributed by atoms with van der Waals surface area (Å²) in [4.78, 5) is 12.6. The minimum absolute atomic E-state index is 0.0376. The molecule has 3 rings (SSSR count). The maximum Gasteiger partial charge on any atom is 0.261 e. The van der Waals surface area contributed by atoms with E-state index in [2.05, 4.69) is 30.4 Å². The van der Waals surface area contributed by atoms with Gasteiger partial charge in [0, 0.05) is 0 Å².